The Labute approximate surface area is 131 Å². The zero-order valence-electron chi connectivity index (χ0n) is 12.2. The third-order valence-electron chi connectivity index (χ3n) is 4.27. The minimum absolute atomic E-state index is 0.534. The Kier molecular flexibility index (Phi) is 4.76. The SMILES string of the molecule is ClCc1ccc(N2CCC(Cc3ccccc3)CC2)nc1. The predicted octanol–water partition coefficient (Wildman–Crippen LogP) is 4.28. The molecule has 1 aliphatic heterocycles. The van der Waals surface area contributed by atoms with Gasteiger partial charge in [0.2, 0.25) is 0 Å². The van der Waals surface area contributed by atoms with Crippen LogP contribution < -0.4 is 4.90 Å². The third kappa shape index (κ3) is 3.76. The highest BCUT2D eigenvalue weighted by atomic mass is 35.5. The molecule has 2 aromatic rings. The van der Waals surface area contributed by atoms with Crippen LogP contribution in [0.25, 0.3) is 0 Å². The molecule has 1 fully saturated rings. The molecule has 2 nitrogen and oxygen atoms in total. The molecule has 21 heavy (non-hydrogen) atoms. The maximum Gasteiger partial charge on any atom is 0.128 e. The van der Waals surface area contributed by atoms with Crippen LogP contribution in [-0.2, 0) is 12.3 Å². The number of alkyl halides is 1. The van der Waals surface area contributed by atoms with Crippen LogP contribution in [0, 0.1) is 5.92 Å². The number of benzene rings is 1. The molecule has 0 spiro atoms. The molecule has 110 valence electrons. The topological polar surface area (TPSA) is 16.1 Å². The van der Waals surface area contributed by atoms with Crippen molar-refractivity contribution in [2.24, 2.45) is 5.92 Å². The lowest BCUT2D eigenvalue weighted by Gasteiger charge is -2.33. The van der Waals surface area contributed by atoms with Crippen molar-refractivity contribution in [2.45, 2.75) is 25.1 Å². The molecule has 1 saturated heterocycles. The quantitative estimate of drug-likeness (QED) is 0.784. The van der Waals surface area contributed by atoms with Crippen molar-refractivity contribution in [2.75, 3.05) is 18.0 Å². The van der Waals surface area contributed by atoms with E-state index in [1.807, 2.05) is 6.20 Å². The van der Waals surface area contributed by atoms with Crippen LogP contribution in [0.5, 0.6) is 0 Å². The van der Waals surface area contributed by atoms with E-state index in [1.165, 1.54) is 24.8 Å². The first-order valence-electron chi connectivity index (χ1n) is 7.65. The molecular weight excluding hydrogens is 280 g/mol. The molecule has 0 unspecified atom stereocenters. The summed E-state index contributed by atoms with van der Waals surface area (Å²) in [5.41, 5.74) is 2.54. The lowest BCUT2D eigenvalue weighted by Crippen LogP contribution is -2.34. The van der Waals surface area contributed by atoms with Gasteiger partial charge >= 0.3 is 0 Å². The van der Waals surface area contributed by atoms with Crippen LogP contribution in [0.1, 0.15) is 24.0 Å². The standard InChI is InChI=1S/C18H21ClN2/c19-13-17-6-7-18(20-14-17)21-10-8-16(9-11-21)12-15-4-2-1-3-5-15/h1-7,14,16H,8-13H2. The van der Waals surface area contributed by atoms with Crippen LogP contribution in [0.2, 0.25) is 0 Å². The van der Waals surface area contributed by atoms with Gasteiger partial charge in [-0.25, -0.2) is 4.98 Å². The number of pyridine rings is 1. The summed E-state index contributed by atoms with van der Waals surface area (Å²) >= 11 is 5.81. The van der Waals surface area contributed by atoms with Gasteiger partial charge in [0.15, 0.2) is 0 Å². The molecule has 1 aromatic heterocycles. The molecule has 0 bridgehead atoms. The first-order chi connectivity index (χ1) is 10.3. The van der Waals surface area contributed by atoms with Crippen LogP contribution in [-0.4, -0.2) is 18.1 Å². The molecule has 3 heteroatoms. The summed E-state index contributed by atoms with van der Waals surface area (Å²) < 4.78 is 0. The number of hydrogen-bond acceptors (Lipinski definition) is 2. The molecule has 1 aliphatic rings. The van der Waals surface area contributed by atoms with E-state index < -0.39 is 0 Å². The number of hydrogen-bond donors (Lipinski definition) is 0. The molecule has 0 aliphatic carbocycles. The second-order valence-electron chi connectivity index (χ2n) is 5.78. The van der Waals surface area contributed by atoms with Crippen molar-refractivity contribution in [3.63, 3.8) is 0 Å². The smallest absolute Gasteiger partial charge is 0.128 e. The average Bonchev–Trinajstić information content (AvgIpc) is 2.57. The number of piperidine rings is 1. The van der Waals surface area contributed by atoms with Gasteiger partial charge in [-0.3, -0.25) is 0 Å². The lowest BCUT2D eigenvalue weighted by atomic mass is 9.90. The fourth-order valence-electron chi connectivity index (χ4n) is 3.00. The molecule has 0 atom stereocenters. The number of aromatic nitrogens is 1. The fraction of sp³-hybridized carbons (Fsp3) is 0.389. The highest BCUT2D eigenvalue weighted by Crippen LogP contribution is 2.24. The van der Waals surface area contributed by atoms with Gasteiger partial charge in [-0.2, -0.15) is 0 Å². The molecule has 2 heterocycles. The molecule has 0 amide bonds. The van der Waals surface area contributed by atoms with E-state index in [0.717, 1.165) is 30.4 Å². The zero-order valence-corrected chi connectivity index (χ0v) is 13.0. The van der Waals surface area contributed by atoms with E-state index in [9.17, 15) is 0 Å². The molecule has 0 radical (unpaired) electrons. The van der Waals surface area contributed by atoms with Gasteiger partial charge in [0.25, 0.3) is 0 Å². The summed E-state index contributed by atoms with van der Waals surface area (Å²) in [6.07, 6.45) is 5.58. The van der Waals surface area contributed by atoms with Crippen molar-refractivity contribution in [3.8, 4) is 0 Å². The summed E-state index contributed by atoms with van der Waals surface area (Å²) in [5.74, 6) is 2.42. The molecule has 1 aromatic carbocycles. The summed E-state index contributed by atoms with van der Waals surface area (Å²) in [6, 6.07) is 15.0. The van der Waals surface area contributed by atoms with Gasteiger partial charge in [0.1, 0.15) is 5.82 Å². The van der Waals surface area contributed by atoms with Gasteiger partial charge in [0.05, 0.1) is 0 Å². The Hall–Kier alpha value is -1.54. The van der Waals surface area contributed by atoms with Crippen molar-refractivity contribution >= 4 is 17.4 Å². The van der Waals surface area contributed by atoms with Gasteiger partial charge < -0.3 is 4.90 Å². The second kappa shape index (κ2) is 6.95. The van der Waals surface area contributed by atoms with Crippen LogP contribution >= 0.6 is 11.6 Å². The molecular formula is C18H21ClN2. The second-order valence-corrected chi connectivity index (χ2v) is 6.05. The van der Waals surface area contributed by atoms with Crippen molar-refractivity contribution < 1.29 is 0 Å². The number of nitrogens with zero attached hydrogens (tertiary/aromatic N) is 2. The van der Waals surface area contributed by atoms with Gasteiger partial charge in [-0.1, -0.05) is 36.4 Å². The number of halogens is 1. The van der Waals surface area contributed by atoms with Crippen LogP contribution in [0.4, 0.5) is 5.82 Å². The molecule has 3 rings (SSSR count). The molecule has 0 N–H and O–H groups in total. The van der Waals surface area contributed by atoms with Crippen molar-refractivity contribution in [1.29, 1.82) is 0 Å². The highest BCUT2D eigenvalue weighted by Gasteiger charge is 2.20. The lowest BCUT2D eigenvalue weighted by molar-refractivity contribution is 0.402. The van der Waals surface area contributed by atoms with E-state index in [1.54, 1.807) is 0 Å². The first kappa shape index (κ1) is 14.4. The molecule has 0 saturated carbocycles. The van der Waals surface area contributed by atoms with Crippen molar-refractivity contribution in [1.82, 2.24) is 4.98 Å². The fourth-order valence-corrected chi connectivity index (χ4v) is 3.15. The third-order valence-corrected chi connectivity index (χ3v) is 4.58. The zero-order chi connectivity index (χ0) is 14.5. The van der Waals surface area contributed by atoms with Crippen molar-refractivity contribution in [3.05, 3.63) is 59.8 Å². The van der Waals surface area contributed by atoms with Gasteiger partial charge in [0, 0.05) is 25.2 Å². The van der Waals surface area contributed by atoms with E-state index in [2.05, 4.69) is 52.3 Å². The Morgan fingerprint density at radius 3 is 2.38 bits per heavy atom. The van der Waals surface area contributed by atoms with Crippen LogP contribution in [0.3, 0.4) is 0 Å². The Balaban J connectivity index is 1.54. The van der Waals surface area contributed by atoms with Crippen LogP contribution in [0.15, 0.2) is 48.7 Å². The normalized spacial score (nSPS) is 16.1. The Bertz CT molecular complexity index is 545. The summed E-state index contributed by atoms with van der Waals surface area (Å²) in [5, 5.41) is 0. The summed E-state index contributed by atoms with van der Waals surface area (Å²) in [6.45, 7) is 2.20. The van der Waals surface area contributed by atoms with Gasteiger partial charge in [-0.05, 0) is 42.4 Å². The summed E-state index contributed by atoms with van der Waals surface area (Å²) in [7, 11) is 0. The Morgan fingerprint density at radius 1 is 1.00 bits per heavy atom. The predicted molar refractivity (Wildman–Crippen MR) is 88.9 cm³/mol. The summed E-state index contributed by atoms with van der Waals surface area (Å²) in [4.78, 5) is 6.91. The number of anilines is 1. The van der Waals surface area contributed by atoms with Gasteiger partial charge in [-0.15, -0.1) is 11.6 Å². The largest absolute Gasteiger partial charge is 0.357 e. The van der Waals surface area contributed by atoms with E-state index in [4.69, 9.17) is 11.6 Å². The maximum absolute atomic E-state index is 5.81. The minimum Gasteiger partial charge on any atom is -0.357 e. The Morgan fingerprint density at radius 2 is 1.76 bits per heavy atom. The van der Waals surface area contributed by atoms with E-state index in [-0.39, 0.29) is 0 Å². The average molecular weight is 301 g/mol. The van der Waals surface area contributed by atoms with E-state index >= 15 is 0 Å². The maximum atomic E-state index is 5.81. The first-order valence-corrected chi connectivity index (χ1v) is 8.18. The van der Waals surface area contributed by atoms with E-state index in [0.29, 0.717) is 5.88 Å². The highest BCUT2D eigenvalue weighted by molar-refractivity contribution is 6.17. The minimum atomic E-state index is 0.534. The monoisotopic (exact) mass is 300 g/mol. The number of rotatable bonds is 4.